The zero-order valence-electron chi connectivity index (χ0n) is 16.6. The predicted octanol–water partition coefficient (Wildman–Crippen LogP) is 2.33. The SMILES string of the molecule is COc1nccnc1N1CCC(CNC(=O)CCc2nc3ccccc3[nH]2)CC1. The summed E-state index contributed by atoms with van der Waals surface area (Å²) in [5, 5.41) is 3.08. The molecule has 1 aromatic carbocycles. The van der Waals surface area contributed by atoms with E-state index in [0.29, 0.717) is 31.2 Å². The van der Waals surface area contributed by atoms with Crippen molar-refractivity contribution in [3.05, 3.63) is 42.5 Å². The Morgan fingerprint density at radius 2 is 2.03 bits per heavy atom. The molecule has 0 unspecified atom stereocenters. The molecule has 3 aromatic rings. The van der Waals surface area contributed by atoms with E-state index in [1.807, 2.05) is 24.3 Å². The summed E-state index contributed by atoms with van der Waals surface area (Å²) >= 11 is 0. The lowest BCUT2D eigenvalue weighted by Crippen LogP contribution is -2.39. The summed E-state index contributed by atoms with van der Waals surface area (Å²) in [6.07, 6.45) is 6.39. The van der Waals surface area contributed by atoms with Crippen molar-refractivity contribution in [2.24, 2.45) is 5.92 Å². The standard InChI is InChI=1S/C21H26N6O2/c1-29-21-20(22-10-11-23-21)27-12-8-15(9-13-27)14-24-19(28)7-6-18-25-16-4-2-3-5-17(16)26-18/h2-5,10-11,15H,6-9,12-14H2,1H3,(H,24,28)(H,25,26). The van der Waals surface area contributed by atoms with Crippen LogP contribution in [0.15, 0.2) is 36.7 Å². The molecule has 2 aromatic heterocycles. The zero-order chi connectivity index (χ0) is 20.1. The first-order valence-electron chi connectivity index (χ1n) is 10.0. The number of anilines is 1. The number of benzene rings is 1. The third-order valence-corrected chi connectivity index (χ3v) is 5.37. The first-order valence-corrected chi connectivity index (χ1v) is 10.0. The van der Waals surface area contributed by atoms with Crippen molar-refractivity contribution in [1.29, 1.82) is 0 Å². The second-order valence-electron chi connectivity index (χ2n) is 7.32. The van der Waals surface area contributed by atoms with Crippen LogP contribution in [0.5, 0.6) is 5.88 Å². The number of amides is 1. The van der Waals surface area contributed by atoms with E-state index >= 15 is 0 Å². The highest BCUT2D eigenvalue weighted by Crippen LogP contribution is 2.27. The number of H-pyrrole nitrogens is 1. The molecule has 152 valence electrons. The van der Waals surface area contributed by atoms with Crippen LogP contribution in [-0.2, 0) is 11.2 Å². The van der Waals surface area contributed by atoms with E-state index in [9.17, 15) is 4.79 Å². The molecule has 0 aliphatic carbocycles. The quantitative estimate of drug-likeness (QED) is 0.639. The third kappa shape index (κ3) is 4.64. The number of hydrogen-bond donors (Lipinski definition) is 2. The first kappa shape index (κ1) is 19.2. The Labute approximate surface area is 169 Å². The van der Waals surface area contributed by atoms with Gasteiger partial charge >= 0.3 is 0 Å². The van der Waals surface area contributed by atoms with Crippen molar-refractivity contribution >= 4 is 22.8 Å². The number of ether oxygens (including phenoxy) is 1. The van der Waals surface area contributed by atoms with E-state index < -0.39 is 0 Å². The van der Waals surface area contributed by atoms with Gasteiger partial charge in [0.05, 0.1) is 18.1 Å². The van der Waals surface area contributed by atoms with E-state index in [-0.39, 0.29) is 5.91 Å². The number of imidazole rings is 1. The van der Waals surface area contributed by atoms with Gasteiger partial charge in [-0.25, -0.2) is 15.0 Å². The highest BCUT2D eigenvalue weighted by atomic mass is 16.5. The average Bonchev–Trinajstić information content (AvgIpc) is 3.20. The number of methoxy groups -OCH3 is 1. The van der Waals surface area contributed by atoms with Crippen LogP contribution in [0.25, 0.3) is 11.0 Å². The van der Waals surface area contributed by atoms with Gasteiger partial charge in [0, 0.05) is 44.9 Å². The number of para-hydroxylation sites is 2. The molecule has 0 bridgehead atoms. The maximum atomic E-state index is 12.2. The van der Waals surface area contributed by atoms with E-state index in [2.05, 4.69) is 30.2 Å². The van der Waals surface area contributed by atoms with Gasteiger partial charge in [0.15, 0.2) is 5.82 Å². The van der Waals surface area contributed by atoms with Gasteiger partial charge < -0.3 is 19.9 Å². The minimum absolute atomic E-state index is 0.0727. The highest BCUT2D eigenvalue weighted by molar-refractivity contribution is 5.77. The maximum Gasteiger partial charge on any atom is 0.257 e. The van der Waals surface area contributed by atoms with Gasteiger partial charge in [-0.15, -0.1) is 0 Å². The number of aromatic nitrogens is 4. The van der Waals surface area contributed by atoms with Gasteiger partial charge in [0.1, 0.15) is 5.82 Å². The molecule has 4 rings (SSSR count). The van der Waals surface area contributed by atoms with Crippen LogP contribution in [-0.4, -0.2) is 52.6 Å². The largest absolute Gasteiger partial charge is 0.478 e. The highest BCUT2D eigenvalue weighted by Gasteiger charge is 2.23. The molecule has 1 saturated heterocycles. The van der Waals surface area contributed by atoms with Gasteiger partial charge in [-0.3, -0.25) is 4.79 Å². The first-order chi connectivity index (χ1) is 14.2. The molecular weight excluding hydrogens is 368 g/mol. The Morgan fingerprint density at radius 3 is 2.83 bits per heavy atom. The second kappa shape index (κ2) is 8.89. The average molecular weight is 394 g/mol. The van der Waals surface area contributed by atoms with E-state index in [4.69, 9.17) is 4.74 Å². The lowest BCUT2D eigenvalue weighted by molar-refractivity contribution is -0.121. The van der Waals surface area contributed by atoms with Gasteiger partial charge in [-0.05, 0) is 30.9 Å². The van der Waals surface area contributed by atoms with Crippen LogP contribution < -0.4 is 15.0 Å². The van der Waals surface area contributed by atoms with Crippen LogP contribution in [0, 0.1) is 5.92 Å². The fourth-order valence-electron chi connectivity index (χ4n) is 3.73. The van der Waals surface area contributed by atoms with Gasteiger partial charge in [0.2, 0.25) is 5.91 Å². The Kier molecular flexibility index (Phi) is 5.88. The number of hydrogen-bond acceptors (Lipinski definition) is 6. The number of fused-ring (bicyclic) bond motifs is 1. The molecule has 1 aliphatic rings. The van der Waals surface area contributed by atoms with Crippen molar-refractivity contribution in [2.75, 3.05) is 31.6 Å². The monoisotopic (exact) mass is 394 g/mol. The molecule has 29 heavy (non-hydrogen) atoms. The number of piperidine rings is 1. The minimum Gasteiger partial charge on any atom is -0.478 e. The zero-order valence-corrected chi connectivity index (χ0v) is 16.6. The van der Waals surface area contributed by atoms with Crippen molar-refractivity contribution in [3.8, 4) is 5.88 Å². The molecule has 1 fully saturated rings. The number of nitrogens with one attached hydrogen (secondary N) is 2. The molecule has 0 saturated carbocycles. The maximum absolute atomic E-state index is 12.2. The second-order valence-corrected chi connectivity index (χ2v) is 7.32. The Balaban J connectivity index is 1.20. The lowest BCUT2D eigenvalue weighted by Gasteiger charge is -2.33. The van der Waals surface area contributed by atoms with Crippen LogP contribution in [0.2, 0.25) is 0 Å². The Morgan fingerprint density at radius 1 is 1.24 bits per heavy atom. The lowest BCUT2D eigenvalue weighted by atomic mass is 9.96. The van der Waals surface area contributed by atoms with Crippen LogP contribution in [0.1, 0.15) is 25.1 Å². The number of nitrogens with zero attached hydrogens (tertiary/aromatic N) is 4. The number of rotatable bonds is 7. The molecule has 8 nitrogen and oxygen atoms in total. The molecule has 3 heterocycles. The van der Waals surface area contributed by atoms with Crippen LogP contribution in [0.4, 0.5) is 5.82 Å². The van der Waals surface area contributed by atoms with Crippen molar-refractivity contribution in [2.45, 2.75) is 25.7 Å². The van der Waals surface area contributed by atoms with Crippen LogP contribution >= 0.6 is 0 Å². The fraction of sp³-hybridized carbons (Fsp3) is 0.429. The molecule has 2 N–H and O–H groups in total. The van der Waals surface area contributed by atoms with Crippen molar-refractivity contribution in [1.82, 2.24) is 25.3 Å². The summed E-state index contributed by atoms with van der Waals surface area (Å²) in [4.78, 5) is 30.9. The summed E-state index contributed by atoms with van der Waals surface area (Å²) in [6.45, 7) is 2.48. The van der Waals surface area contributed by atoms with Crippen molar-refractivity contribution < 1.29 is 9.53 Å². The molecule has 0 radical (unpaired) electrons. The number of aryl methyl sites for hydroxylation is 1. The smallest absolute Gasteiger partial charge is 0.257 e. The molecular formula is C21H26N6O2. The number of aromatic amines is 1. The fourth-order valence-corrected chi connectivity index (χ4v) is 3.73. The van der Waals surface area contributed by atoms with E-state index in [1.54, 1.807) is 19.5 Å². The van der Waals surface area contributed by atoms with Crippen molar-refractivity contribution in [3.63, 3.8) is 0 Å². The van der Waals surface area contributed by atoms with E-state index in [1.165, 1.54) is 0 Å². The summed E-state index contributed by atoms with van der Waals surface area (Å²) in [5.41, 5.74) is 1.95. The summed E-state index contributed by atoms with van der Waals surface area (Å²) in [5.74, 6) is 2.76. The van der Waals surface area contributed by atoms with Gasteiger partial charge in [-0.2, -0.15) is 0 Å². The normalized spacial score (nSPS) is 14.9. The number of carbonyl (C=O) groups excluding carboxylic acids is 1. The van der Waals surface area contributed by atoms with Gasteiger partial charge in [-0.1, -0.05) is 12.1 Å². The van der Waals surface area contributed by atoms with Gasteiger partial charge in [0.25, 0.3) is 5.88 Å². The predicted molar refractivity (Wildman–Crippen MR) is 111 cm³/mol. The Bertz CT molecular complexity index is 931. The van der Waals surface area contributed by atoms with E-state index in [0.717, 1.165) is 48.6 Å². The topological polar surface area (TPSA) is 96.0 Å². The summed E-state index contributed by atoms with van der Waals surface area (Å²) in [7, 11) is 1.61. The molecule has 0 atom stereocenters. The Hall–Kier alpha value is -3.16. The van der Waals surface area contributed by atoms with Crippen LogP contribution in [0.3, 0.4) is 0 Å². The third-order valence-electron chi connectivity index (χ3n) is 5.37. The summed E-state index contributed by atoms with van der Waals surface area (Å²) in [6, 6.07) is 7.90. The molecule has 8 heteroatoms. The molecule has 1 aliphatic heterocycles. The molecule has 1 amide bonds. The minimum atomic E-state index is 0.0727. The molecule has 0 spiro atoms. The summed E-state index contributed by atoms with van der Waals surface area (Å²) < 4.78 is 5.31. The number of carbonyl (C=O) groups is 1.